The minimum Gasteiger partial charge on any atom is -0.497 e. The third-order valence-electron chi connectivity index (χ3n) is 6.34. The topological polar surface area (TPSA) is 114 Å². The van der Waals surface area contributed by atoms with Crippen LogP contribution in [0.5, 0.6) is 5.75 Å². The van der Waals surface area contributed by atoms with E-state index in [0.29, 0.717) is 37.2 Å². The third kappa shape index (κ3) is 5.47. The van der Waals surface area contributed by atoms with Crippen LogP contribution in [-0.2, 0) is 4.79 Å². The second-order valence-corrected chi connectivity index (χ2v) is 8.49. The van der Waals surface area contributed by atoms with Crippen molar-refractivity contribution in [2.24, 2.45) is 5.92 Å². The van der Waals surface area contributed by atoms with Crippen molar-refractivity contribution in [3.05, 3.63) is 47.9 Å². The molecule has 0 bridgehead atoms. The van der Waals surface area contributed by atoms with Gasteiger partial charge in [-0.05, 0) is 49.9 Å². The van der Waals surface area contributed by atoms with Crippen molar-refractivity contribution in [1.82, 2.24) is 20.2 Å². The first kappa shape index (κ1) is 22.7. The Morgan fingerprint density at radius 2 is 1.61 bits per heavy atom. The summed E-state index contributed by atoms with van der Waals surface area (Å²) in [6.07, 6.45) is 8.49. The van der Waals surface area contributed by atoms with Crippen LogP contribution >= 0.6 is 0 Å². The van der Waals surface area contributed by atoms with Crippen LogP contribution in [0.4, 0.5) is 5.82 Å². The number of aromatic nitrogens is 2. The molecule has 1 saturated carbocycles. The molecular weight excluding hydrogens is 422 g/mol. The fourth-order valence-corrected chi connectivity index (χ4v) is 4.45. The lowest BCUT2D eigenvalue weighted by atomic mass is 10.0. The number of rotatable bonds is 6. The number of piperidine rings is 1. The number of hydrogen-bond donors (Lipinski definition) is 2. The van der Waals surface area contributed by atoms with E-state index in [1.807, 2.05) is 4.90 Å². The van der Waals surface area contributed by atoms with Crippen LogP contribution in [0.15, 0.2) is 36.7 Å². The molecule has 1 aliphatic carbocycles. The SMILES string of the molecule is COc1ccc(C(=O)Nc2nccnc2C(=O)NC2CCN(C(=O)C3CCCC3)CC2)cc1. The van der Waals surface area contributed by atoms with E-state index < -0.39 is 11.8 Å². The molecule has 2 heterocycles. The van der Waals surface area contributed by atoms with Gasteiger partial charge < -0.3 is 20.3 Å². The smallest absolute Gasteiger partial charge is 0.273 e. The fourth-order valence-electron chi connectivity index (χ4n) is 4.45. The monoisotopic (exact) mass is 451 g/mol. The van der Waals surface area contributed by atoms with Crippen LogP contribution in [0.25, 0.3) is 0 Å². The van der Waals surface area contributed by atoms with Crippen molar-refractivity contribution in [3.8, 4) is 5.75 Å². The minimum absolute atomic E-state index is 0.0581. The first-order valence-electron chi connectivity index (χ1n) is 11.4. The summed E-state index contributed by atoms with van der Waals surface area (Å²) in [5.41, 5.74) is 0.468. The van der Waals surface area contributed by atoms with Crippen molar-refractivity contribution < 1.29 is 19.1 Å². The summed E-state index contributed by atoms with van der Waals surface area (Å²) in [5, 5.41) is 5.65. The molecule has 174 valence electrons. The molecule has 0 unspecified atom stereocenters. The van der Waals surface area contributed by atoms with E-state index in [-0.39, 0.29) is 29.4 Å². The molecule has 0 radical (unpaired) electrons. The molecule has 1 saturated heterocycles. The highest BCUT2D eigenvalue weighted by Gasteiger charge is 2.31. The predicted molar refractivity (Wildman–Crippen MR) is 122 cm³/mol. The van der Waals surface area contributed by atoms with Gasteiger partial charge in [-0.25, -0.2) is 9.97 Å². The molecule has 2 N–H and O–H groups in total. The Morgan fingerprint density at radius 1 is 0.939 bits per heavy atom. The number of benzene rings is 1. The molecule has 1 aromatic heterocycles. The van der Waals surface area contributed by atoms with Crippen molar-refractivity contribution >= 4 is 23.5 Å². The van der Waals surface area contributed by atoms with Gasteiger partial charge in [0.05, 0.1) is 7.11 Å². The Balaban J connectivity index is 1.34. The molecule has 9 heteroatoms. The number of carbonyl (C=O) groups is 3. The number of carbonyl (C=O) groups excluding carboxylic acids is 3. The molecule has 1 aromatic carbocycles. The van der Waals surface area contributed by atoms with Crippen LogP contribution in [0.2, 0.25) is 0 Å². The summed E-state index contributed by atoms with van der Waals surface area (Å²) in [6.45, 7) is 1.28. The van der Waals surface area contributed by atoms with E-state index in [9.17, 15) is 14.4 Å². The Morgan fingerprint density at radius 3 is 2.27 bits per heavy atom. The molecule has 3 amide bonds. The van der Waals surface area contributed by atoms with Crippen molar-refractivity contribution in [2.75, 3.05) is 25.5 Å². The van der Waals surface area contributed by atoms with E-state index >= 15 is 0 Å². The van der Waals surface area contributed by atoms with Gasteiger partial charge in [0.1, 0.15) is 5.75 Å². The summed E-state index contributed by atoms with van der Waals surface area (Å²) >= 11 is 0. The zero-order chi connectivity index (χ0) is 23.2. The molecule has 9 nitrogen and oxygen atoms in total. The van der Waals surface area contributed by atoms with Gasteiger partial charge in [0, 0.05) is 43.0 Å². The van der Waals surface area contributed by atoms with Gasteiger partial charge in [-0.15, -0.1) is 0 Å². The predicted octanol–water partition coefficient (Wildman–Crippen LogP) is 2.65. The van der Waals surface area contributed by atoms with Crippen molar-refractivity contribution in [2.45, 2.75) is 44.6 Å². The van der Waals surface area contributed by atoms with Gasteiger partial charge in [0.15, 0.2) is 11.5 Å². The molecule has 0 spiro atoms. The second kappa shape index (κ2) is 10.4. The van der Waals surface area contributed by atoms with Crippen LogP contribution in [0.3, 0.4) is 0 Å². The quantitative estimate of drug-likeness (QED) is 0.698. The molecular formula is C24H29N5O4. The first-order valence-corrected chi connectivity index (χ1v) is 11.4. The van der Waals surface area contributed by atoms with Crippen LogP contribution in [-0.4, -0.2) is 58.8 Å². The highest BCUT2D eigenvalue weighted by molar-refractivity contribution is 6.07. The largest absolute Gasteiger partial charge is 0.497 e. The van der Waals surface area contributed by atoms with E-state index in [0.717, 1.165) is 25.7 Å². The molecule has 2 aromatic rings. The summed E-state index contributed by atoms with van der Waals surface area (Å²) < 4.78 is 5.11. The van der Waals surface area contributed by atoms with Crippen molar-refractivity contribution in [3.63, 3.8) is 0 Å². The van der Waals surface area contributed by atoms with Crippen LogP contribution < -0.4 is 15.4 Å². The van der Waals surface area contributed by atoms with Gasteiger partial charge in [-0.1, -0.05) is 12.8 Å². The number of methoxy groups -OCH3 is 1. The summed E-state index contributed by atoms with van der Waals surface area (Å²) in [6, 6.07) is 6.57. The lowest BCUT2D eigenvalue weighted by molar-refractivity contribution is -0.136. The second-order valence-electron chi connectivity index (χ2n) is 8.49. The average molecular weight is 452 g/mol. The Labute approximate surface area is 192 Å². The lowest BCUT2D eigenvalue weighted by Crippen LogP contribution is -2.48. The number of likely N-dealkylation sites (tertiary alicyclic amines) is 1. The number of nitrogens with zero attached hydrogens (tertiary/aromatic N) is 3. The molecule has 2 aliphatic rings. The fraction of sp³-hybridized carbons (Fsp3) is 0.458. The van der Waals surface area contributed by atoms with Gasteiger partial charge in [-0.2, -0.15) is 0 Å². The standard InChI is InChI=1S/C24H29N5O4/c1-33-19-8-6-16(7-9-19)22(30)28-21-20(25-12-13-26-21)23(31)27-18-10-14-29(15-11-18)24(32)17-4-2-3-5-17/h6-9,12-13,17-18H,2-5,10-11,14-15H2,1H3,(H,27,31)(H,26,28,30). The minimum atomic E-state index is -0.397. The number of hydrogen-bond acceptors (Lipinski definition) is 6. The number of amides is 3. The van der Waals surface area contributed by atoms with E-state index in [1.165, 1.54) is 12.4 Å². The molecule has 4 rings (SSSR count). The normalized spacial score (nSPS) is 16.9. The molecule has 1 aliphatic heterocycles. The zero-order valence-corrected chi connectivity index (χ0v) is 18.8. The number of anilines is 1. The van der Waals surface area contributed by atoms with Gasteiger partial charge in [-0.3, -0.25) is 14.4 Å². The summed E-state index contributed by atoms with van der Waals surface area (Å²) in [7, 11) is 1.55. The van der Waals surface area contributed by atoms with Gasteiger partial charge >= 0.3 is 0 Å². The maximum Gasteiger partial charge on any atom is 0.273 e. The summed E-state index contributed by atoms with van der Waals surface area (Å²) in [5.74, 6) is 0.383. The highest BCUT2D eigenvalue weighted by Crippen LogP contribution is 2.27. The van der Waals surface area contributed by atoms with Gasteiger partial charge in [0.25, 0.3) is 11.8 Å². The Bertz CT molecular complexity index is 996. The van der Waals surface area contributed by atoms with Gasteiger partial charge in [0.2, 0.25) is 5.91 Å². The van der Waals surface area contributed by atoms with E-state index in [1.54, 1.807) is 31.4 Å². The van der Waals surface area contributed by atoms with Crippen LogP contribution in [0.1, 0.15) is 59.4 Å². The Kier molecular flexibility index (Phi) is 7.16. The lowest BCUT2D eigenvalue weighted by Gasteiger charge is -2.33. The Hall–Kier alpha value is -3.49. The summed E-state index contributed by atoms with van der Waals surface area (Å²) in [4.78, 5) is 48.3. The average Bonchev–Trinajstić information content (AvgIpc) is 3.39. The molecule has 33 heavy (non-hydrogen) atoms. The number of nitrogens with one attached hydrogen (secondary N) is 2. The van der Waals surface area contributed by atoms with Crippen molar-refractivity contribution in [1.29, 1.82) is 0 Å². The maximum atomic E-state index is 12.9. The first-order chi connectivity index (χ1) is 16.0. The maximum absolute atomic E-state index is 12.9. The van der Waals surface area contributed by atoms with E-state index in [4.69, 9.17) is 4.74 Å². The number of ether oxygens (including phenoxy) is 1. The molecule has 2 fully saturated rings. The zero-order valence-electron chi connectivity index (χ0n) is 18.8. The van der Waals surface area contributed by atoms with E-state index in [2.05, 4.69) is 20.6 Å². The third-order valence-corrected chi connectivity index (χ3v) is 6.34. The van der Waals surface area contributed by atoms with Crippen LogP contribution in [0, 0.1) is 5.92 Å². The highest BCUT2D eigenvalue weighted by atomic mass is 16.5. The molecule has 0 atom stereocenters.